The van der Waals surface area contributed by atoms with Crippen LogP contribution >= 0.6 is 0 Å². The number of methoxy groups -OCH3 is 1. The number of hydrogen-bond donors (Lipinski definition) is 0. The molecule has 13 heavy (non-hydrogen) atoms. The predicted octanol–water partition coefficient (Wildman–Crippen LogP) is 2.39. The van der Waals surface area contributed by atoms with E-state index in [1.807, 2.05) is 12.1 Å². The second kappa shape index (κ2) is 3.21. The molecule has 0 amide bonds. The zero-order chi connectivity index (χ0) is 9.26. The molecule has 1 saturated carbocycles. The van der Waals surface area contributed by atoms with Crippen LogP contribution in [0, 0.1) is 0 Å². The first-order valence-electron chi connectivity index (χ1n) is 4.48. The fourth-order valence-electron chi connectivity index (χ4n) is 1.55. The Morgan fingerprint density at radius 3 is 2.77 bits per heavy atom. The SMILES string of the molecule is COc1ccc(C2CC2)c(C=O)c1. The van der Waals surface area contributed by atoms with Crippen LogP contribution in [-0.4, -0.2) is 13.4 Å². The molecular weight excluding hydrogens is 164 g/mol. The van der Waals surface area contributed by atoms with Crippen LogP contribution in [0.1, 0.15) is 34.7 Å². The third kappa shape index (κ3) is 1.57. The molecular formula is C11H12O2. The van der Waals surface area contributed by atoms with E-state index >= 15 is 0 Å². The van der Waals surface area contributed by atoms with Gasteiger partial charge in [-0.1, -0.05) is 6.07 Å². The Hall–Kier alpha value is -1.31. The summed E-state index contributed by atoms with van der Waals surface area (Å²) in [5, 5.41) is 0. The van der Waals surface area contributed by atoms with Crippen molar-refractivity contribution in [1.82, 2.24) is 0 Å². The van der Waals surface area contributed by atoms with Crippen molar-refractivity contribution in [3.8, 4) is 5.75 Å². The van der Waals surface area contributed by atoms with E-state index in [1.54, 1.807) is 13.2 Å². The Morgan fingerprint density at radius 2 is 2.23 bits per heavy atom. The summed E-state index contributed by atoms with van der Waals surface area (Å²) in [6.07, 6.45) is 3.34. The Kier molecular flexibility index (Phi) is 2.05. The average molecular weight is 176 g/mol. The van der Waals surface area contributed by atoms with E-state index in [0.29, 0.717) is 5.92 Å². The molecule has 0 N–H and O–H groups in total. The van der Waals surface area contributed by atoms with Gasteiger partial charge in [-0.15, -0.1) is 0 Å². The first kappa shape index (κ1) is 8.30. The smallest absolute Gasteiger partial charge is 0.150 e. The molecule has 1 aromatic carbocycles. The van der Waals surface area contributed by atoms with Crippen molar-refractivity contribution >= 4 is 6.29 Å². The van der Waals surface area contributed by atoms with Gasteiger partial charge in [0, 0.05) is 5.56 Å². The first-order valence-corrected chi connectivity index (χ1v) is 4.48. The fraction of sp³-hybridized carbons (Fsp3) is 0.364. The monoisotopic (exact) mass is 176 g/mol. The maximum Gasteiger partial charge on any atom is 0.150 e. The van der Waals surface area contributed by atoms with Crippen molar-refractivity contribution in [3.63, 3.8) is 0 Å². The third-order valence-corrected chi connectivity index (χ3v) is 2.44. The molecule has 0 radical (unpaired) electrons. The number of carbonyl (C=O) groups excluding carboxylic acids is 1. The van der Waals surface area contributed by atoms with Gasteiger partial charge >= 0.3 is 0 Å². The summed E-state index contributed by atoms with van der Waals surface area (Å²) in [5.41, 5.74) is 1.96. The maximum atomic E-state index is 10.8. The van der Waals surface area contributed by atoms with Gasteiger partial charge in [0.1, 0.15) is 12.0 Å². The zero-order valence-corrected chi connectivity index (χ0v) is 7.62. The number of rotatable bonds is 3. The summed E-state index contributed by atoms with van der Waals surface area (Å²) in [5.74, 6) is 1.37. The van der Waals surface area contributed by atoms with Gasteiger partial charge in [0.25, 0.3) is 0 Å². The molecule has 0 saturated heterocycles. The van der Waals surface area contributed by atoms with E-state index in [9.17, 15) is 4.79 Å². The number of ether oxygens (including phenoxy) is 1. The lowest BCUT2D eigenvalue weighted by Gasteiger charge is -2.05. The van der Waals surface area contributed by atoms with Crippen molar-refractivity contribution in [3.05, 3.63) is 29.3 Å². The highest BCUT2D eigenvalue weighted by Crippen LogP contribution is 2.41. The molecule has 0 bridgehead atoms. The van der Waals surface area contributed by atoms with Crippen molar-refractivity contribution in [2.45, 2.75) is 18.8 Å². The van der Waals surface area contributed by atoms with Crippen molar-refractivity contribution in [2.75, 3.05) is 7.11 Å². The van der Waals surface area contributed by atoms with Gasteiger partial charge in [-0.3, -0.25) is 4.79 Å². The summed E-state index contributed by atoms with van der Waals surface area (Å²) in [4.78, 5) is 10.8. The fourth-order valence-corrected chi connectivity index (χ4v) is 1.55. The van der Waals surface area contributed by atoms with Crippen LogP contribution in [0.4, 0.5) is 0 Å². The second-order valence-corrected chi connectivity index (χ2v) is 3.39. The Morgan fingerprint density at radius 1 is 1.46 bits per heavy atom. The zero-order valence-electron chi connectivity index (χ0n) is 7.62. The highest BCUT2D eigenvalue weighted by atomic mass is 16.5. The van der Waals surface area contributed by atoms with Crippen LogP contribution in [0.5, 0.6) is 5.75 Å². The lowest BCUT2D eigenvalue weighted by Crippen LogP contribution is -1.92. The van der Waals surface area contributed by atoms with E-state index in [4.69, 9.17) is 4.74 Å². The molecule has 0 unspecified atom stereocenters. The van der Waals surface area contributed by atoms with Gasteiger partial charge in [0.05, 0.1) is 7.11 Å². The van der Waals surface area contributed by atoms with E-state index < -0.39 is 0 Å². The highest BCUT2D eigenvalue weighted by Gasteiger charge is 2.25. The summed E-state index contributed by atoms with van der Waals surface area (Å²) in [7, 11) is 1.61. The normalized spacial score (nSPS) is 15.5. The molecule has 1 fully saturated rings. The topological polar surface area (TPSA) is 26.3 Å². The van der Waals surface area contributed by atoms with E-state index in [2.05, 4.69) is 0 Å². The summed E-state index contributed by atoms with van der Waals surface area (Å²) >= 11 is 0. The largest absolute Gasteiger partial charge is 0.497 e. The minimum absolute atomic E-state index is 0.617. The number of carbonyl (C=O) groups is 1. The maximum absolute atomic E-state index is 10.8. The molecule has 2 nitrogen and oxygen atoms in total. The first-order chi connectivity index (χ1) is 6.35. The molecule has 1 aliphatic rings. The number of hydrogen-bond acceptors (Lipinski definition) is 2. The van der Waals surface area contributed by atoms with Crippen LogP contribution in [0.15, 0.2) is 18.2 Å². The van der Waals surface area contributed by atoms with Gasteiger partial charge in [0.2, 0.25) is 0 Å². The minimum Gasteiger partial charge on any atom is -0.497 e. The van der Waals surface area contributed by atoms with Crippen LogP contribution in [0.2, 0.25) is 0 Å². The molecule has 0 heterocycles. The lowest BCUT2D eigenvalue weighted by atomic mass is 10.0. The Labute approximate surface area is 77.5 Å². The predicted molar refractivity (Wildman–Crippen MR) is 50.4 cm³/mol. The van der Waals surface area contributed by atoms with Gasteiger partial charge in [0.15, 0.2) is 0 Å². The average Bonchev–Trinajstić information content (AvgIpc) is 3.00. The van der Waals surface area contributed by atoms with Crippen LogP contribution in [-0.2, 0) is 0 Å². The molecule has 0 aliphatic heterocycles. The van der Waals surface area contributed by atoms with Gasteiger partial charge < -0.3 is 4.74 Å². The van der Waals surface area contributed by atoms with E-state index in [1.165, 1.54) is 18.4 Å². The molecule has 0 spiro atoms. The third-order valence-electron chi connectivity index (χ3n) is 2.44. The highest BCUT2D eigenvalue weighted by molar-refractivity contribution is 5.78. The number of aldehydes is 1. The quantitative estimate of drug-likeness (QED) is 0.661. The molecule has 1 aliphatic carbocycles. The molecule has 0 aromatic heterocycles. The minimum atomic E-state index is 0.617. The summed E-state index contributed by atoms with van der Waals surface area (Å²) in [6, 6.07) is 5.72. The van der Waals surface area contributed by atoms with Crippen LogP contribution in [0.3, 0.4) is 0 Å². The standard InChI is InChI=1S/C11H12O2/c1-13-10-4-5-11(8-2-3-8)9(6-10)7-12/h4-8H,2-3H2,1H3. The van der Waals surface area contributed by atoms with Crippen LogP contribution in [0.25, 0.3) is 0 Å². The van der Waals surface area contributed by atoms with Crippen molar-refractivity contribution in [1.29, 1.82) is 0 Å². The number of benzene rings is 1. The molecule has 68 valence electrons. The lowest BCUT2D eigenvalue weighted by molar-refractivity contribution is 0.112. The van der Waals surface area contributed by atoms with Crippen LogP contribution < -0.4 is 4.74 Å². The molecule has 2 rings (SSSR count). The second-order valence-electron chi connectivity index (χ2n) is 3.39. The van der Waals surface area contributed by atoms with Gasteiger partial charge in [-0.05, 0) is 36.5 Å². The Balaban J connectivity index is 2.39. The van der Waals surface area contributed by atoms with E-state index in [0.717, 1.165) is 17.6 Å². The molecule has 1 aromatic rings. The summed E-state index contributed by atoms with van der Waals surface area (Å²) in [6.45, 7) is 0. The van der Waals surface area contributed by atoms with Crippen molar-refractivity contribution in [2.24, 2.45) is 0 Å². The Bertz CT molecular complexity index is 327. The van der Waals surface area contributed by atoms with Crippen molar-refractivity contribution < 1.29 is 9.53 Å². The van der Waals surface area contributed by atoms with E-state index in [-0.39, 0.29) is 0 Å². The van der Waals surface area contributed by atoms with Gasteiger partial charge in [-0.2, -0.15) is 0 Å². The molecule has 2 heteroatoms. The molecule has 0 atom stereocenters. The summed E-state index contributed by atoms with van der Waals surface area (Å²) < 4.78 is 5.05. The van der Waals surface area contributed by atoms with Gasteiger partial charge in [-0.25, -0.2) is 0 Å².